The molecule has 0 saturated carbocycles. The lowest BCUT2D eigenvalue weighted by Gasteiger charge is -2.29. The second-order valence-electron chi connectivity index (χ2n) is 6.29. The average molecular weight is 300 g/mol. The molecule has 0 spiro atoms. The maximum absolute atomic E-state index is 11.0. The summed E-state index contributed by atoms with van der Waals surface area (Å²) in [5.74, 6) is -0.210. The highest BCUT2D eigenvalue weighted by molar-refractivity contribution is 5.86. The van der Waals surface area contributed by atoms with Crippen molar-refractivity contribution in [2.45, 2.75) is 38.8 Å². The Kier molecular flexibility index (Phi) is 4.21. The normalized spacial score (nSPS) is 17.7. The van der Waals surface area contributed by atoms with Crippen LogP contribution >= 0.6 is 0 Å². The van der Waals surface area contributed by atoms with Gasteiger partial charge in [-0.2, -0.15) is 0 Å². The van der Waals surface area contributed by atoms with Crippen molar-refractivity contribution in [2.75, 3.05) is 20.7 Å². The highest BCUT2D eigenvalue weighted by Gasteiger charge is 2.26. The van der Waals surface area contributed by atoms with E-state index in [1.807, 2.05) is 0 Å². The fraction of sp³-hybridized carbons (Fsp3) is 0.500. The van der Waals surface area contributed by atoms with E-state index in [9.17, 15) is 4.79 Å². The number of hydrogen-bond donors (Lipinski definition) is 0. The van der Waals surface area contributed by atoms with E-state index in [1.165, 1.54) is 35.5 Å². The molecule has 118 valence electrons. The number of esters is 1. The zero-order valence-corrected chi connectivity index (χ0v) is 13.6. The Balaban J connectivity index is 1.97. The van der Waals surface area contributed by atoms with Crippen molar-refractivity contribution in [3.63, 3.8) is 0 Å². The molecule has 0 radical (unpaired) electrons. The lowest BCUT2D eigenvalue weighted by atomic mass is 9.91. The van der Waals surface area contributed by atoms with Crippen LogP contribution in [0.2, 0.25) is 0 Å². The van der Waals surface area contributed by atoms with Crippen molar-refractivity contribution in [3.8, 4) is 0 Å². The van der Waals surface area contributed by atoms with Gasteiger partial charge in [-0.1, -0.05) is 18.2 Å². The van der Waals surface area contributed by atoms with Crippen molar-refractivity contribution < 1.29 is 9.53 Å². The van der Waals surface area contributed by atoms with Gasteiger partial charge in [0.05, 0.1) is 6.54 Å². The van der Waals surface area contributed by atoms with Gasteiger partial charge >= 0.3 is 5.97 Å². The van der Waals surface area contributed by atoms with Gasteiger partial charge in [0.2, 0.25) is 0 Å². The Bertz CT molecular complexity index is 688. The van der Waals surface area contributed by atoms with Crippen molar-refractivity contribution >= 4 is 16.9 Å². The molecule has 0 aliphatic heterocycles. The van der Waals surface area contributed by atoms with Crippen LogP contribution in [0.1, 0.15) is 24.6 Å². The van der Waals surface area contributed by atoms with Crippen LogP contribution in [0.5, 0.6) is 0 Å². The summed E-state index contributed by atoms with van der Waals surface area (Å²) < 4.78 is 7.49. The van der Waals surface area contributed by atoms with Crippen molar-refractivity contribution in [2.24, 2.45) is 0 Å². The van der Waals surface area contributed by atoms with Crippen molar-refractivity contribution in [1.82, 2.24) is 9.47 Å². The van der Waals surface area contributed by atoms with Gasteiger partial charge in [-0.15, -0.1) is 0 Å². The van der Waals surface area contributed by atoms with E-state index in [4.69, 9.17) is 4.74 Å². The van der Waals surface area contributed by atoms with Crippen LogP contribution in [-0.2, 0) is 28.9 Å². The highest BCUT2D eigenvalue weighted by Crippen LogP contribution is 2.33. The molecule has 0 N–H and O–H groups in total. The zero-order valence-electron chi connectivity index (χ0n) is 13.6. The monoisotopic (exact) mass is 300 g/mol. The molecule has 1 aromatic carbocycles. The number of aromatic nitrogens is 1. The molecule has 1 unspecified atom stereocenters. The SMILES string of the molecule is CC(=O)OCCn1c2c(c3ccccc31)CC(N(C)C)CC2. The van der Waals surface area contributed by atoms with Gasteiger partial charge in [-0.3, -0.25) is 4.79 Å². The summed E-state index contributed by atoms with van der Waals surface area (Å²) in [6, 6.07) is 9.19. The van der Waals surface area contributed by atoms with Gasteiger partial charge in [0.15, 0.2) is 0 Å². The zero-order chi connectivity index (χ0) is 15.7. The summed E-state index contributed by atoms with van der Waals surface area (Å²) in [6.45, 7) is 2.64. The lowest BCUT2D eigenvalue weighted by molar-refractivity contribution is -0.141. The molecule has 0 saturated heterocycles. The van der Waals surface area contributed by atoms with E-state index < -0.39 is 0 Å². The van der Waals surface area contributed by atoms with E-state index in [-0.39, 0.29) is 5.97 Å². The number of likely N-dealkylation sites (N-methyl/N-ethyl adjacent to an activating group) is 1. The second-order valence-corrected chi connectivity index (χ2v) is 6.29. The summed E-state index contributed by atoms with van der Waals surface area (Å²) in [4.78, 5) is 13.3. The first-order chi connectivity index (χ1) is 10.6. The van der Waals surface area contributed by atoms with E-state index in [2.05, 4.69) is 47.8 Å². The molecule has 0 bridgehead atoms. The van der Waals surface area contributed by atoms with Gasteiger partial charge in [0.1, 0.15) is 6.61 Å². The maximum atomic E-state index is 11.0. The van der Waals surface area contributed by atoms with Crippen LogP contribution in [0.3, 0.4) is 0 Å². The summed E-state index contributed by atoms with van der Waals surface area (Å²) in [5.41, 5.74) is 4.16. The summed E-state index contributed by atoms with van der Waals surface area (Å²) >= 11 is 0. The Hall–Kier alpha value is -1.81. The van der Waals surface area contributed by atoms with Crippen LogP contribution in [0, 0.1) is 0 Å². The van der Waals surface area contributed by atoms with Crippen LogP contribution < -0.4 is 0 Å². The molecule has 2 aromatic rings. The molecule has 0 fully saturated rings. The number of fused-ring (bicyclic) bond motifs is 3. The van der Waals surface area contributed by atoms with Gasteiger partial charge < -0.3 is 14.2 Å². The van der Waals surface area contributed by atoms with Gasteiger partial charge in [-0.25, -0.2) is 0 Å². The number of hydrogen-bond acceptors (Lipinski definition) is 3. The molecule has 4 nitrogen and oxygen atoms in total. The molecule has 4 heteroatoms. The first-order valence-electron chi connectivity index (χ1n) is 7.96. The number of benzene rings is 1. The predicted molar refractivity (Wildman–Crippen MR) is 88.1 cm³/mol. The fourth-order valence-corrected chi connectivity index (χ4v) is 3.56. The van der Waals surface area contributed by atoms with E-state index in [0.29, 0.717) is 12.6 Å². The molecule has 1 aromatic heterocycles. The van der Waals surface area contributed by atoms with Crippen molar-refractivity contribution in [3.05, 3.63) is 35.5 Å². The standard InChI is InChI=1S/C18H24N2O2/c1-13(21)22-11-10-20-17-7-5-4-6-15(17)16-12-14(19(2)3)8-9-18(16)20/h4-7,14H,8-12H2,1-3H3. The van der Waals surface area contributed by atoms with Crippen LogP contribution in [0.4, 0.5) is 0 Å². The predicted octanol–water partition coefficient (Wildman–Crippen LogP) is 2.62. The molecular weight excluding hydrogens is 276 g/mol. The number of rotatable bonds is 4. The number of carbonyl (C=O) groups is 1. The number of para-hydroxylation sites is 1. The smallest absolute Gasteiger partial charge is 0.302 e. The quantitative estimate of drug-likeness (QED) is 0.814. The Morgan fingerprint density at radius 1 is 1.36 bits per heavy atom. The Morgan fingerprint density at radius 2 is 2.14 bits per heavy atom. The Labute approximate surface area is 131 Å². The number of carbonyl (C=O) groups excluding carboxylic acids is 1. The minimum atomic E-state index is -0.210. The van der Waals surface area contributed by atoms with Crippen molar-refractivity contribution in [1.29, 1.82) is 0 Å². The summed E-state index contributed by atoms with van der Waals surface area (Å²) in [6.07, 6.45) is 3.38. The first-order valence-corrected chi connectivity index (χ1v) is 7.96. The van der Waals surface area contributed by atoms with Crippen LogP contribution in [0.15, 0.2) is 24.3 Å². The molecule has 1 aliphatic rings. The van der Waals surface area contributed by atoms with Crippen LogP contribution in [-0.4, -0.2) is 42.2 Å². The van der Waals surface area contributed by atoms with E-state index in [1.54, 1.807) is 0 Å². The molecule has 22 heavy (non-hydrogen) atoms. The molecule has 1 heterocycles. The third kappa shape index (κ3) is 2.75. The van der Waals surface area contributed by atoms with Gasteiger partial charge in [0.25, 0.3) is 0 Å². The topological polar surface area (TPSA) is 34.5 Å². The third-order valence-electron chi connectivity index (χ3n) is 4.70. The third-order valence-corrected chi connectivity index (χ3v) is 4.70. The lowest BCUT2D eigenvalue weighted by Crippen LogP contribution is -2.33. The summed E-state index contributed by atoms with van der Waals surface area (Å²) in [5, 5.41) is 1.35. The van der Waals surface area contributed by atoms with E-state index in [0.717, 1.165) is 19.4 Å². The van der Waals surface area contributed by atoms with E-state index >= 15 is 0 Å². The molecule has 1 atom stereocenters. The van der Waals surface area contributed by atoms with Crippen LogP contribution in [0.25, 0.3) is 10.9 Å². The molecule has 0 amide bonds. The van der Waals surface area contributed by atoms with Gasteiger partial charge in [-0.05, 0) is 45.0 Å². The molecule has 3 rings (SSSR count). The minimum absolute atomic E-state index is 0.210. The number of nitrogens with zero attached hydrogens (tertiary/aromatic N) is 2. The molecular formula is C18H24N2O2. The Morgan fingerprint density at radius 3 is 2.86 bits per heavy atom. The highest BCUT2D eigenvalue weighted by atomic mass is 16.5. The number of ether oxygens (including phenoxy) is 1. The first kappa shape index (κ1) is 15.1. The average Bonchev–Trinajstić information content (AvgIpc) is 2.81. The molecule has 1 aliphatic carbocycles. The fourth-order valence-electron chi connectivity index (χ4n) is 3.56. The maximum Gasteiger partial charge on any atom is 0.302 e. The second kappa shape index (κ2) is 6.13. The largest absolute Gasteiger partial charge is 0.464 e. The minimum Gasteiger partial charge on any atom is -0.464 e. The van der Waals surface area contributed by atoms with Gasteiger partial charge in [0, 0.05) is 29.6 Å². The summed E-state index contributed by atoms with van der Waals surface area (Å²) in [7, 11) is 4.32.